The lowest BCUT2D eigenvalue weighted by molar-refractivity contribution is -0.128. The smallest absolute Gasteiger partial charge is 0.223 e. The lowest BCUT2D eigenvalue weighted by Crippen LogP contribution is -2.36. The van der Waals surface area contributed by atoms with E-state index in [-0.39, 0.29) is 18.4 Å². The molecular weight excluding hydrogens is 318 g/mol. The Bertz CT molecular complexity index is 683. The van der Waals surface area contributed by atoms with Crippen molar-refractivity contribution in [2.75, 3.05) is 19.8 Å². The van der Waals surface area contributed by atoms with Crippen LogP contribution in [0.3, 0.4) is 0 Å². The maximum atomic E-state index is 12.1. The van der Waals surface area contributed by atoms with E-state index >= 15 is 0 Å². The summed E-state index contributed by atoms with van der Waals surface area (Å²) in [6, 6.07) is 16.8. The lowest BCUT2D eigenvalue weighted by Gasteiger charge is -2.22. The van der Waals surface area contributed by atoms with Crippen LogP contribution < -0.4 is 10.1 Å². The molecule has 132 valence electrons. The van der Waals surface area contributed by atoms with Crippen LogP contribution >= 0.6 is 0 Å². The molecule has 0 bridgehead atoms. The molecular formula is C20H23NO4. The average molecular weight is 341 g/mol. The van der Waals surface area contributed by atoms with E-state index in [1.54, 1.807) is 6.07 Å². The molecule has 0 saturated carbocycles. The average Bonchev–Trinajstić information content (AvgIpc) is 2.67. The van der Waals surface area contributed by atoms with Crippen molar-refractivity contribution in [3.63, 3.8) is 0 Å². The summed E-state index contributed by atoms with van der Waals surface area (Å²) in [7, 11) is 0. The van der Waals surface area contributed by atoms with Crippen molar-refractivity contribution in [2.45, 2.75) is 18.9 Å². The van der Waals surface area contributed by atoms with Crippen molar-refractivity contribution in [1.29, 1.82) is 0 Å². The van der Waals surface area contributed by atoms with Crippen LogP contribution in [0.15, 0.2) is 54.6 Å². The number of ether oxygens (including phenoxy) is 2. The molecule has 2 aromatic carbocycles. The monoisotopic (exact) mass is 341 g/mol. The molecule has 1 amide bonds. The number of nitrogens with one attached hydrogen (secondary N) is 1. The molecule has 2 aromatic rings. The first-order chi connectivity index (χ1) is 12.2. The van der Waals surface area contributed by atoms with E-state index < -0.39 is 6.10 Å². The molecule has 1 aliphatic rings. The van der Waals surface area contributed by atoms with Gasteiger partial charge >= 0.3 is 0 Å². The van der Waals surface area contributed by atoms with Crippen LogP contribution in [0.25, 0.3) is 0 Å². The minimum absolute atomic E-state index is 0.0148. The number of carbonyl (C=O) groups is 1. The van der Waals surface area contributed by atoms with Gasteiger partial charge in [-0.2, -0.15) is 0 Å². The van der Waals surface area contributed by atoms with Crippen molar-refractivity contribution >= 4 is 5.91 Å². The third-order valence-corrected chi connectivity index (χ3v) is 4.28. The molecule has 25 heavy (non-hydrogen) atoms. The summed E-state index contributed by atoms with van der Waals surface area (Å²) in [5, 5.41) is 13.2. The Kier molecular flexibility index (Phi) is 6.04. The van der Waals surface area contributed by atoms with Gasteiger partial charge in [0, 0.05) is 25.7 Å². The van der Waals surface area contributed by atoms with E-state index in [4.69, 9.17) is 9.47 Å². The summed E-state index contributed by atoms with van der Waals surface area (Å²) < 4.78 is 11.0. The van der Waals surface area contributed by atoms with Crippen molar-refractivity contribution in [3.05, 3.63) is 60.2 Å². The number of hydrogen-bond donors (Lipinski definition) is 2. The van der Waals surface area contributed by atoms with E-state index in [9.17, 15) is 9.90 Å². The zero-order valence-electron chi connectivity index (χ0n) is 14.1. The SMILES string of the molecule is O=C(NC[C@H](O)c1cccc(Oc2ccccc2)c1)C1CCOCC1. The number of amides is 1. The first-order valence-corrected chi connectivity index (χ1v) is 8.59. The van der Waals surface area contributed by atoms with Gasteiger partial charge in [0.1, 0.15) is 11.5 Å². The van der Waals surface area contributed by atoms with E-state index in [0.29, 0.717) is 24.5 Å². The minimum Gasteiger partial charge on any atom is -0.457 e. The number of aliphatic hydroxyl groups is 1. The van der Waals surface area contributed by atoms with Gasteiger partial charge in [-0.25, -0.2) is 0 Å². The summed E-state index contributed by atoms with van der Waals surface area (Å²) in [5.74, 6) is 1.35. The normalized spacial score (nSPS) is 16.2. The molecule has 2 N–H and O–H groups in total. The Morgan fingerprint density at radius 2 is 1.84 bits per heavy atom. The van der Waals surface area contributed by atoms with E-state index in [2.05, 4.69) is 5.32 Å². The second kappa shape index (κ2) is 8.65. The van der Waals surface area contributed by atoms with Crippen LogP contribution in [-0.4, -0.2) is 30.8 Å². The molecule has 0 radical (unpaired) electrons. The zero-order valence-corrected chi connectivity index (χ0v) is 14.1. The third kappa shape index (κ3) is 5.05. The highest BCUT2D eigenvalue weighted by atomic mass is 16.5. The van der Waals surface area contributed by atoms with Crippen LogP contribution in [0.1, 0.15) is 24.5 Å². The predicted octanol–water partition coefficient (Wildman–Crippen LogP) is 3.06. The molecule has 0 spiro atoms. The van der Waals surface area contributed by atoms with Crippen molar-refractivity contribution < 1.29 is 19.4 Å². The Balaban J connectivity index is 1.55. The predicted molar refractivity (Wildman–Crippen MR) is 94.5 cm³/mol. The zero-order chi connectivity index (χ0) is 17.5. The molecule has 1 saturated heterocycles. The molecule has 0 aromatic heterocycles. The standard InChI is InChI=1S/C20H23NO4/c22-19(14-21-20(23)15-9-11-24-12-10-15)16-5-4-8-18(13-16)25-17-6-2-1-3-7-17/h1-8,13,15,19,22H,9-12,14H2,(H,21,23)/t19-/m0/s1. The Morgan fingerprint density at radius 3 is 2.60 bits per heavy atom. The number of para-hydroxylation sites is 1. The van der Waals surface area contributed by atoms with Gasteiger partial charge < -0.3 is 19.9 Å². The highest BCUT2D eigenvalue weighted by molar-refractivity contribution is 5.78. The van der Waals surface area contributed by atoms with Gasteiger partial charge in [0.05, 0.1) is 6.10 Å². The quantitative estimate of drug-likeness (QED) is 0.847. The Morgan fingerprint density at radius 1 is 1.12 bits per heavy atom. The van der Waals surface area contributed by atoms with E-state index in [1.807, 2.05) is 48.5 Å². The van der Waals surface area contributed by atoms with Crippen LogP contribution in [0.4, 0.5) is 0 Å². The molecule has 1 fully saturated rings. The number of benzene rings is 2. The van der Waals surface area contributed by atoms with Crippen LogP contribution in [0.5, 0.6) is 11.5 Å². The van der Waals surface area contributed by atoms with Crippen LogP contribution in [0.2, 0.25) is 0 Å². The summed E-state index contributed by atoms with van der Waals surface area (Å²) in [6.07, 6.45) is 0.702. The van der Waals surface area contributed by atoms with Crippen LogP contribution in [0, 0.1) is 5.92 Å². The first kappa shape index (κ1) is 17.5. The van der Waals surface area contributed by atoms with Gasteiger partial charge in [-0.05, 0) is 42.7 Å². The summed E-state index contributed by atoms with van der Waals surface area (Å²) >= 11 is 0. The second-order valence-electron chi connectivity index (χ2n) is 6.14. The maximum absolute atomic E-state index is 12.1. The summed E-state index contributed by atoms with van der Waals surface area (Å²) in [4.78, 5) is 12.1. The fraction of sp³-hybridized carbons (Fsp3) is 0.350. The maximum Gasteiger partial charge on any atom is 0.223 e. The molecule has 0 aliphatic carbocycles. The van der Waals surface area contributed by atoms with Gasteiger partial charge in [0.2, 0.25) is 5.91 Å². The molecule has 1 atom stereocenters. The number of hydrogen-bond acceptors (Lipinski definition) is 4. The minimum atomic E-state index is -0.775. The number of rotatable bonds is 6. The summed E-state index contributed by atoms with van der Waals surface area (Å²) in [6.45, 7) is 1.43. The number of aliphatic hydroxyl groups excluding tert-OH is 1. The summed E-state index contributed by atoms with van der Waals surface area (Å²) in [5.41, 5.74) is 0.709. The van der Waals surface area contributed by atoms with Gasteiger partial charge in [-0.3, -0.25) is 4.79 Å². The fourth-order valence-electron chi connectivity index (χ4n) is 2.83. The largest absolute Gasteiger partial charge is 0.457 e. The van der Waals surface area contributed by atoms with E-state index in [1.165, 1.54) is 0 Å². The Hall–Kier alpha value is -2.37. The molecule has 5 heteroatoms. The fourth-order valence-corrected chi connectivity index (χ4v) is 2.83. The molecule has 1 aliphatic heterocycles. The van der Waals surface area contributed by atoms with Crippen molar-refractivity contribution in [2.24, 2.45) is 5.92 Å². The van der Waals surface area contributed by atoms with Crippen molar-refractivity contribution in [1.82, 2.24) is 5.32 Å². The highest BCUT2D eigenvalue weighted by Gasteiger charge is 2.22. The molecule has 5 nitrogen and oxygen atoms in total. The third-order valence-electron chi connectivity index (χ3n) is 4.28. The van der Waals surface area contributed by atoms with Crippen LogP contribution in [-0.2, 0) is 9.53 Å². The van der Waals surface area contributed by atoms with Gasteiger partial charge in [-0.1, -0.05) is 30.3 Å². The molecule has 0 unspecified atom stereocenters. The van der Waals surface area contributed by atoms with E-state index in [0.717, 1.165) is 18.6 Å². The van der Waals surface area contributed by atoms with Crippen molar-refractivity contribution in [3.8, 4) is 11.5 Å². The topological polar surface area (TPSA) is 67.8 Å². The van der Waals surface area contributed by atoms with Gasteiger partial charge in [-0.15, -0.1) is 0 Å². The Labute approximate surface area is 147 Å². The van der Waals surface area contributed by atoms with Gasteiger partial charge in [0.15, 0.2) is 0 Å². The molecule has 3 rings (SSSR count). The highest BCUT2D eigenvalue weighted by Crippen LogP contribution is 2.24. The first-order valence-electron chi connectivity index (χ1n) is 8.59. The number of carbonyl (C=O) groups excluding carboxylic acids is 1. The second-order valence-corrected chi connectivity index (χ2v) is 6.14. The lowest BCUT2D eigenvalue weighted by atomic mass is 9.99. The molecule has 1 heterocycles. The van der Waals surface area contributed by atoms with Gasteiger partial charge in [0.25, 0.3) is 0 Å².